The second kappa shape index (κ2) is 10.0. The Kier molecular flexibility index (Phi) is 6.47. The highest BCUT2D eigenvalue weighted by atomic mass is 35.5. The maximum atomic E-state index is 12.8. The van der Waals surface area contributed by atoms with Crippen LogP contribution in [0.15, 0.2) is 85.1 Å². The first-order chi connectivity index (χ1) is 17.5. The van der Waals surface area contributed by atoms with Crippen LogP contribution in [-0.2, 0) is 16.1 Å². The number of hydrogen-bond donors (Lipinski definition) is 1. The first-order valence-electron chi connectivity index (χ1n) is 11.1. The van der Waals surface area contributed by atoms with E-state index in [-0.39, 0.29) is 6.61 Å². The van der Waals surface area contributed by atoms with Crippen molar-refractivity contribution in [2.75, 3.05) is 5.32 Å². The summed E-state index contributed by atoms with van der Waals surface area (Å²) in [5, 5.41) is 5.58. The van der Waals surface area contributed by atoms with Crippen molar-refractivity contribution in [1.29, 1.82) is 0 Å². The van der Waals surface area contributed by atoms with E-state index in [9.17, 15) is 9.59 Å². The van der Waals surface area contributed by atoms with Crippen molar-refractivity contribution in [3.63, 3.8) is 0 Å². The van der Waals surface area contributed by atoms with Crippen molar-refractivity contribution in [1.82, 2.24) is 9.97 Å². The van der Waals surface area contributed by atoms with Crippen LogP contribution in [0.4, 0.5) is 11.5 Å². The fraction of sp³-hybridized carbons (Fsp3) is 0.0714. The molecule has 0 aliphatic heterocycles. The highest BCUT2D eigenvalue weighted by Crippen LogP contribution is 2.31. The summed E-state index contributed by atoms with van der Waals surface area (Å²) < 4.78 is 10.5. The van der Waals surface area contributed by atoms with Gasteiger partial charge in [-0.15, -0.1) is 0 Å². The van der Waals surface area contributed by atoms with Gasteiger partial charge in [0.05, 0.1) is 16.6 Å². The third-order valence-electron chi connectivity index (χ3n) is 5.43. The van der Waals surface area contributed by atoms with E-state index in [4.69, 9.17) is 26.1 Å². The van der Waals surface area contributed by atoms with Crippen LogP contribution in [0.25, 0.3) is 21.8 Å². The number of hydrogen-bond acceptors (Lipinski definition) is 7. The molecule has 0 fully saturated rings. The van der Waals surface area contributed by atoms with Crippen LogP contribution in [0.1, 0.15) is 22.8 Å². The number of esters is 2. The Labute approximate surface area is 211 Å². The summed E-state index contributed by atoms with van der Waals surface area (Å²) in [4.78, 5) is 33.2. The summed E-state index contributed by atoms with van der Waals surface area (Å²) >= 11 is 6.14. The zero-order chi connectivity index (χ0) is 25.1. The van der Waals surface area contributed by atoms with Crippen molar-refractivity contribution in [2.45, 2.75) is 13.5 Å². The number of pyridine rings is 2. The molecule has 0 saturated carbocycles. The number of carbonyl (C=O) groups is 2. The number of carbonyl (C=O) groups excluding carboxylic acids is 2. The zero-order valence-corrected chi connectivity index (χ0v) is 20.0. The van der Waals surface area contributed by atoms with E-state index in [1.165, 1.54) is 6.92 Å². The molecule has 3 aromatic carbocycles. The van der Waals surface area contributed by atoms with Crippen LogP contribution in [-0.4, -0.2) is 21.9 Å². The van der Waals surface area contributed by atoms with Crippen LogP contribution in [0.3, 0.4) is 0 Å². The minimum absolute atomic E-state index is 0.0749. The predicted molar refractivity (Wildman–Crippen MR) is 139 cm³/mol. The van der Waals surface area contributed by atoms with Gasteiger partial charge in [-0.25, -0.2) is 9.78 Å². The highest BCUT2D eigenvalue weighted by Gasteiger charge is 2.14. The van der Waals surface area contributed by atoms with E-state index < -0.39 is 11.9 Å². The van der Waals surface area contributed by atoms with Crippen LogP contribution < -0.4 is 10.1 Å². The van der Waals surface area contributed by atoms with Gasteiger partial charge in [-0.05, 0) is 66.2 Å². The van der Waals surface area contributed by atoms with Gasteiger partial charge < -0.3 is 14.8 Å². The molecule has 7 nitrogen and oxygen atoms in total. The van der Waals surface area contributed by atoms with E-state index in [0.29, 0.717) is 27.7 Å². The molecule has 0 aliphatic rings. The van der Waals surface area contributed by atoms with Crippen LogP contribution in [0, 0.1) is 0 Å². The molecule has 5 aromatic rings. The Morgan fingerprint density at radius 2 is 1.78 bits per heavy atom. The van der Waals surface area contributed by atoms with Gasteiger partial charge in [0.2, 0.25) is 0 Å². The number of anilines is 2. The molecule has 0 radical (unpaired) electrons. The Balaban J connectivity index is 1.41. The predicted octanol–water partition coefficient (Wildman–Crippen LogP) is 6.46. The molecule has 0 bridgehead atoms. The summed E-state index contributed by atoms with van der Waals surface area (Å²) in [6.45, 7) is 1.41. The number of ether oxygens (including phenoxy) is 2. The second-order valence-electron chi connectivity index (χ2n) is 8.04. The molecule has 0 saturated heterocycles. The molecule has 0 unspecified atom stereocenters. The fourth-order valence-electron chi connectivity index (χ4n) is 3.79. The van der Waals surface area contributed by atoms with Crippen molar-refractivity contribution in [3.05, 3.63) is 101 Å². The summed E-state index contributed by atoms with van der Waals surface area (Å²) in [6, 6.07) is 23.1. The molecule has 0 aliphatic carbocycles. The van der Waals surface area contributed by atoms with Gasteiger partial charge in [0.1, 0.15) is 18.2 Å². The monoisotopic (exact) mass is 497 g/mol. The molecule has 36 heavy (non-hydrogen) atoms. The summed E-state index contributed by atoms with van der Waals surface area (Å²) in [7, 11) is 0. The van der Waals surface area contributed by atoms with E-state index in [1.807, 2.05) is 36.4 Å². The van der Waals surface area contributed by atoms with Crippen molar-refractivity contribution < 1.29 is 19.1 Å². The van der Waals surface area contributed by atoms with Gasteiger partial charge in [-0.1, -0.05) is 29.8 Å². The number of aromatic nitrogens is 2. The molecule has 8 heteroatoms. The Hall–Kier alpha value is -4.49. The number of rotatable bonds is 6. The zero-order valence-electron chi connectivity index (χ0n) is 19.2. The van der Waals surface area contributed by atoms with E-state index in [1.54, 1.807) is 48.7 Å². The van der Waals surface area contributed by atoms with Gasteiger partial charge >= 0.3 is 11.9 Å². The highest BCUT2D eigenvalue weighted by molar-refractivity contribution is 6.30. The van der Waals surface area contributed by atoms with Crippen molar-refractivity contribution in [3.8, 4) is 5.75 Å². The SMILES string of the molecule is CC(=O)Oc1ccc(COC(=O)c2ccc3c(c2)nc(Nc2cccc(Cl)c2)c2cccnc23)cc1. The van der Waals surface area contributed by atoms with Gasteiger partial charge in [-0.2, -0.15) is 0 Å². The average Bonchev–Trinajstić information content (AvgIpc) is 2.87. The van der Waals surface area contributed by atoms with Crippen LogP contribution in [0.2, 0.25) is 5.02 Å². The lowest BCUT2D eigenvalue weighted by Crippen LogP contribution is -2.06. The molecule has 0 atom stereocenters. The largest absolute Gasteiger partial charge is 0.457 e. The lowest BCUT2D eigenvalue weighted by Gasteiger charge is -2.12. The summed E-state index contributed by atoms with van der Waals surface area (Å²) in [6.07, 6.45) is 1.72. The van der Waals surface area contributed by atoms with Gasteiger partial charge in [0.25, 0.3) is 0 Å². The maximum Gasteiger partial charge on any atom is 0.338 e. The lowest BCUT2D eigenvalue weighted by atomic mass is 10.1. The first-order valence-corrected chi connectivity index (χ1v) is 11.5. The number of fused-ring (bicyclic) bond motifs is 3. The lowest BCUT2D eigenvalue weighted by molar-refractivity contribution is -0.131. The van der Waals surface area contributed by atoms with E-state index in [2.05, 4.69) is 10.3 Å². The molecule has 0 amide bonds. The van der Waals surface area contributed by atoms with E-state index >= 15 is 0 Å². The van der Waals surface area contributed by atoms with Crippen LogP contribution in [0.5, 0.6) is 5.75 Å². The van der Waals surface area contributed by atoms with E-state index in [0.717, 1.165) is 27.5 Å². The molecule has 0 spiro atoms. The standard InChI is InChI=1S/C28H20ClN3O4/c1-17(33)36-22-10-7-18(8-11-22)16-35-28(34)19-9-12-23-25(14-19)32-27(24-6-3-13-30-26(23)24)31-21-5-2-4-20(29)15-21/h2-15H,16H2,1H3,(H,31,32). The van der Waals surface area contributed by atoms with Crippen molar-refractivity contribution in [2.24, 2.45) is 0 Å². The number of halogens is 1. The smallest absolute Gasteiger partial charge is 0.338 e. The third-order valence-corrected chi connectivity index (χ3v) is 5.66. The molecule has 2 aromatic heterocycles. The Morgan fingerprint density at radius 3 is 2.56 bits per heavy atom. The Morgan fingerprint density at radius 1 is 0.944 bits per heavy atom. The Bertz CT molecular complexity index is 1600. The minimum atomic E-state index is -0.478. The molecule has 2 heterocycles. The number of nitrogens with zero attached hydrogens (tertiary/aromatic N) is 2. The van der Waals surface area contributed by atoms with Crippen molar-refractivity contribution >= 4 is 56.9 Å². The molecular formula is C28H20ClN3O4. The summed E-state index contributed by atoms with van der Waals surface area (Å²) in [5.74, 6) is 0.161. The molecule has 1 N–H and O–H groups in total. The molecular weight excluding hydrogens is 478 g/mol. The normalized spacial score (nSPS) is 10.8. The average molecular weight is 498 g/mol. The minimum Gasteiger partial charge on any atom is -0.457 e. The molecule has 178 valence electrons. The fourth-order valence-corrected chi connectivity index (χ4v) is 3.98. The number of nitrogens with one attached hydrogen (secondary N) is 1. The molecule has 5 rings (SSSR count). The van der Waals surface area contributed by atoms with Gasteiger partial charge in [0.15, 0.2) is 0 Å². The maximum absolute atomic E-state index is 12.8. The van der Waals surface area contributed by atoms with Crippen LogP contribution >= 0.6 is 11.6 Å². The second-order valence-corrected chi connectivity index (χ2v) is 8.48. The van der Waals surface area contributed by atoms with Gasteiger partial charge in [-0.3, -0.25) is 9.78 Å². The topological polar surface area (TPSA) is 90.4 Å². The first kappa shape index (κ1) is 23.3. The number of benzene rings is 3. The third kappa shape index (κ3) is 5.11. The summed E-state index contributed by atoms with van der Waals surface area (Å²) in [5.41, 5.74) is 3.29. The quantitative estimate of drug-likeness (QED) is 0.163. The van der Waals surface area contributed by atoms with Gasteiger partial charge in [0, 0.05) is 34.6 Å².